The summed E-state index contributed by atoms with van der Waals surface area (Å²) < 4.78 is 64.9. The topological polar surface area (TPSA) is 169 Å². The zero-order chi connectivity index (χ0) is 38.3. The fourth-order valence-electron chi connectivity index (χ4n) is 4.08. The van der Waals surface area contributed by atoms with Crippen LogP contribution in [0.1, 0.15) is 11.1 Å². The number of ether oxygens (including phenoxy) is 12. The van der Waals surface area contributed by atoms with E-state index in [9.17, 15) is 9.59 Å². The van der Waals surface area contributed by atoms with Crippen molar-refractivity contribution in [3.63, 3.8) is 0 Å². The minimum Gasteiger partial charge on any atom is -0.445 e. The van der Waals surface area contributed by atoms with E-state index in [0.717, 1.165) is 11.1 Å². The Labute approximate surface area is 319 Å². The first-order chi connectivity index (χ1) is 26.7. The summed E-state index contributed by atoms with van der Waals surface area (Å²) in [5, 5.41) is 5.28. The molecule has 0 atom stereocenters. The second-order valence-corrected chi connectivity index (χ2v) is 11.1. The molecule has 0 heterocycles. The van der Waals surface area contributed by atoms with Crippen LogP contribution >= 0.6 is 0 Å². The van der Waals surface area contributed by atoms with Gasteiger partial charge in [0.2, 0.25) is 0 Å². The van der Waals surface area contributed by atoms with Gasteiger partial charge >= 0.3 is 12.2 Å². The number of benzene rings is 2. The zero-order valence-electron chi connectivity index (χ0n) is 31.5. The molecule has 16 nitrogen and oxygen atoms in total. The minimum atomic E-state index is -0.474. The van der Waals surface area contributed by atoms with E-state index in [-0.39, 0.29) is 13.2 Å². The molecular formula is C38H60N2O14. The summed E-state index contributed by atoms with van der Waals surface area (Å²) in [6, 6.07) is 19.0. The van der Waals surface area contributed by atoms with Crippen LogP contribution < -0.4 is 10.6 Å². The fourth-order valence-corrected chi connectivity index (χ4v) is 4.08. The van der Waals surface area contributed by atoms with E-state index in [0.29, 0.717) is 145 Å². The van der Waals surface area contributed by atoms with Gasteiger partial charge in [0.15, 0.2) is 0 Å². The van der Waals surface area contributed by atoms with Crippen LogP contribution in [0.5, 0.6) is 0 Å². The van der Waals surface area contributed by atoms with E-state index < -0.39 is 12.2 Å². The smallest absolute Gasteiger partial charge is 0.407 e. The zero-order valence-corrected chi connectivity index (χ0v) is 31.5. The van der Waals surface area contributed by atoms with Gasteiger partial charge in [-0.05, 0) is 11.1 Å². The van der Waals surface area contributed by atoms with E-state index in [1.54, 1.807) is 0 Å². The maximum Gasteiger partial charge on any atom is 0.407 e. The lowest BCUT2D eigenvalue weighted by Crippen LogP contribution is -2.28. The molecule has 2 amide bonds. The summed E-state index contributed by atoms with van der Waals surface area (Å²) in [6.45, 7) is 10.3. The molecule has 2 aromatic carbocycles. The van der Waals surface area contributed by atoms with Gasteiger partial charge in [0.1, 0.15) is 13.2 Å². The van der Waals surface area contributed by atoms with Crippen LogP contribution in [0, 0.1) is 0 Å². The van der Waals surface area contributed by atoms with Crippen LogP contribution in [0.15, 0.2) is 60.7 Å². The molecule has 2 rings (SSSR count). The van der Waals surface area contributed by atoms with E-state index in [2.05, 4.69) is 10.6 Å². The average molecular weight is 769 g/mol. The summed E-state index contributed by atoms with van der Waals surface area (Å²) in [6.07, 6.45) is -0.947. The Balaban J connectivity index is 1.14. The molecule has 2 N–H and O–H groups in total. The van der Waals surface area contributed by atoms with Crippen molar-refractivity contribution >= 4 is 12.2 Å². The Morgan fingerprint density at radius 3 is 0.796 bits per heavy atom. The van der Waals surface area contributed by atoms with Gasteiger partial charge < -0.3 is 67.5 Å². The predicted molar refractivity (Wildman–Crippen MR) is 197 cm³/mol. The molecule has 0 spiro atoms. The Hall–Kier alpha value is -3.42. The van der Waals surface area contributed by atoms with E-state index in [1.807, 2.05) is 60.7 Å². The second kappa shape index (κ2) is 36.6. The van der Waals surface area contributed by atoms with Crippen LogP contribution in [0.2, 0.25) is 0 Å². The monoisotopic (exact) mass is 768 g/mol. The maximum atomic E-state index is 11.7. The number of rotatable bonds is 37. The number of carbonyl (C=O) groups is 2. The third-order valence-corrected chi connectivity index (χ3v) is 6.81. The number of nitrogens with one attached hydrogen (secondary N) is 2. The van der Waals surface area contributed by atoms with Gasteiger partial charge in [0.05, 0.1) is 132 Å². The lowest BCUT2D eigenvalue weighted by Gasteiger charge is -2.09. The molecule has 0 radical (unpaired) electrons. The first kappa shape index (κ1) is 46.7. The highest BCUT2D eigenvalue weighted by atomic mass is 16.6. The summed E-state index contributed by atoms with van der Waals surface area (Å²) in [5.41, 5.74) is 1.87. The van der Waals surface area contributed by atoms with E-state index in [4.69, 9.17) is 56.8 Å². The molecule has 0 aliphatic carbocycles. The van der Waals surface area contributed by atoms with Crippen molar-refractivity contribution in [1.82, 2.24) is 10.6 Å². The Morgan fingerprint density at radius 1 is 0.333 bits per heavy atom. The third kappa shape index (κ3) is 31.0. The SMILES string of the molecule is O=C(NCCOCCOCCOCCOCCOCCOCCOCCOCCOCCOCCNC(=O)OCc1ccccc1)OCc1ccccc1. The fraction of sp³-hybridized carbons (Fsp3) is 0.632. The van der Waals surface area contributed by atoms with Crippen molar-refractivity contribution < 1.29 is 66.4 Å². The highest BCUT2D eigenvalue weighted by Crippen LogP contribution is 2.01. The van der Waals surface area contributed by atoms with Crippen LogP contribution in [0.4, 0.5) is 9.59 Å². The van der Waals surface area contributed by atoms with Crippen molar-refractivity contribution in [2.45, 2.75) is 13.2 Å². The van der Waals surface area contributed by atoms with Crippen molar-refractivity contribution in [3.8, 4) is 0 Å². The third-order valence-electron chi connectivity index (χ3n) is 6.81. The summed E-state index contributed by atoms with van der Waals surface area (Å²) in [4.78, 5) is 23.3. The molecular weight excluding hydrogens is 708 g/mol. The van der Waals surface area contributed by atoms with E-state index >= 15 is 0 Å². The largest absolute Gasteiger partial charge is 0.445 e. The lowest BCUT2D eigenvalue weighted by atomic mass is 10.2. The quantitative estimate of drug-likeness (QED) is 0.0963. The molecule has 306 valence electrons. The maximum absolute atomic E-state index is 11.7. The van der Waals surface area contributed by atoms with Crippen LogP contribution in [0.3, 0.4) is 0 Å². The van der Waals surface area contributed by atoms with E-state index in [1.165, 1.54) is 0 Å². The van der Waals surface area contributed by atoms with Gasteiger partial charge in [-0.3, -0.25) is 0 Å². The van der Waals surface area contributed by atoms with Crippen molar-refractivity contribution in [2.24, 2.45) is 0 Å². The molecule has 0 aromatic heterocycles. The van der Waals surface area contributed by atoms with Gasteiger partial charge in [-0.25, -0.2) is 9.59 Å². The van der Waals surface area contributed by atoms with Crippen molar-refractivity contribution in [3.05, 3.63) is 71.8 Å². The van der Waals surface area contributed by atoms with Gasteiger partial charge in [0.25, 0.3) is 0 Å². The molecule has 0 saturated carbocycles. The van der Waals surface area contributed by atoms with Crippen LogP contribution in [-0.4, -0.2) is 157 Å². The first-order valence-corrected chi connectivity index (χ1v) is 18.4. The van der Waals surface area contributed by atoms with Gasteiger partial charge in [-0.15, -0.1) is 0 Å². The Morgan fingerprint density at radius 2 is 0.556 bits per heavy atom. The number of amides is 2. The number of hydrogen-bond acceptors (Lipinski definition) is 14. The number of carbonyl (C=O) groups excluding carboxylic acids is 2. The van der Waals surface area contributed by atoms with Gasteiger partial charge in [-0.1, -0.05) is 60.7 Å². The molecule has 0 aliphatic heterocycles. The normalized spacial score (nSPS) is 11.0. The van der Waals surface area contributed by atoms with Crippen LogP contribution in [0.25, 0.3) is 0 Å². The average Bonchev–Trinajstić information content (AvgIpc) is 3.20. The molecule has 0 unspecified atom stereocenters. The predicted octanol–water partition coefficient (Wildman–Crippen LogP) is 3.01. The Kier molecular flexibility index (Phi) is 31.6. The first-order valence-electron chi connectivity index (χ1n) is 18.4. The molecule has 2 aromatic rings. The van der Waals surface area contributed by atoms with Gasteiger partial charge in [0, 0.05) is 13.1 Å². The number of hydrogen-bond donors (Lipinski definition) is 2. The Bertz CT molecular complexity index is 1030. The molecule has 0 aliphatic rings. The second-order valence-electron chi connectivity index (χ2n) is 11.1. The standard InChI is InChI=1S/C38H60N2O14/c41-37(53-33-35-7-3-1-4-8-35)39-11-13-43-15-17-45-19-21-47-23-25-49-27-29-51-31-32-52-30-28-50-26-24-48-22-20-46-18-16-44-14-12-40-38(42)54-34-36-9-5-2-6-10-36/h1-10H,11-34H2,(H,39,41)(H,40,42). The molecule has 16 heteroatoms. The number of alkyl carbamates (subject to hydrolysis) is 2. The highest BCUT2D eigenvalue weighted by molar-refractivity contribution is 5.67. The van der Waals surface area contributed by atoms with Gasteiger partial charge in [-0.2, -0.15) is 0 Å². The minimum absolute atomic E-state index is 0.233. The molecule has 54 heavy (non-hydrogen) atoms. The van der Waals surface area contributed by atoms with Crippen LogP contribution in [-0.2, 0) is 70.1 Å². The molecule has 0 fully saturated rings. The molecule has 0 bridgehead atoms. The van der Waals surface area contributed by atoms with Crippen molar-refractivity contribution in [2.75, 3.05) is 145 Å². The highest BCUT2D eigenvalue weighted by Gasteiger charge is 2.03. The molecule has 0 saturated heterocycles. The lowest BCUT2D eigenvalue weighted by molar-refractivity contribution is -0.0263. The van der Waals surface area contributed by atoms with Crippen molar-refractivity contribution in [1.29, 1.82) is 0 Å². The summed E-state index contributed by atoms with van der Waals surface area (Å²) in [5.74, 6) is 0. The summed E-state index contributed by atoms with van der Waals surface area (Å²) in [7, 11) is 0. The summed E-state index contributed by atoms with van der Waals surface area (Å²) >= 11 is 0.